The second kappa shape index (κ2) is 4.78. The van der Waals surface area contributed by atoms with Crippen molar-refractivity contribution in [2.45, 2.75) is 69.0 Å². The van der Waals surface area contributed by atoms with Gasteiger partial charge >= 0.3 is 0 Å². The molecule has 1 saturated heterocycles. The maximum absolute atomic E-state index is 13.1. The van der Waals surface area contributed by atoms with Crippen molar-refractivity contribution in [1.29, 1.82) is 0 Å². The number of carbonyl (C=O) groups excluding carboxylic acids is 1. The van der Waals surface area contributed by atoms with Gasteiger partial charge in [-0.25, -0.2) is 4.98 Å². The van der Waals surface area contributed by atoms with Crippen molar-refractivity contribution < 1.29 is 4.79 Å². The van der Waals surface area contributed by atoms with Crippen LogP contribution < -0.4 is 5.32 Å². The van der Waals surface area contributed by atoms with Crippen molar-refractivity contribution in [3.8, 4) is 0 Å². The average molecular weight is 317 g/mol. The summed E-state index contributed by atoms with van der Waals surface area (Å²) in [6.45, 7) is 0.925. The van der Waals surface area contributed by atoms with Gasteiger partial charge in [-0.15, -0.1) is 11.3 Å². The lowest BCUT2D eigenvalue weighted by Gasteiger charge is -2.22. The van der Waals surface area contributed by atoms with E-state index in [0.717, 1.165) is 31.0 Å². The Morgan fingerprint density at radius 2 is 2.05 bits per heavy atom. The number of hydrogen-bond donors (Lipinski definition) is 1. The summed E-state index contributed by atoms with van der Waals surface area (Å²) < 4.78 is 0. The summed E-state index contributed by atoms with van der Waals surface area (Å²) in [5.41, 5.74) is 0.813. The Bertz CT molecular complexity index is 599. The number of aromatic nitrogens is 1. The van der Waals surface area contributed by atoms with Crippen LogP contribution in [0, 0.1) is 5.92 Å². The molecule has 0 radical (unpaired) electrons. The van der Waals surface area contributed by atoms with Gasteiger partial charge in [0.2, 0.25) is 5.91 Å². The molecule has 22 heavy (non-hydrogen) atoms. The molecule has 5 heteroatoms. The normalized spacial score (nSPS) is 30.6. The molecule has 1 aromatic rings. The van der Waals surface area contributed by atoms with Crippen LogP contribution in [0.5, 0.6) is 0 Å². The molecule has 1 spiro atoms. The third-order valence-electron chi connectivity index (χ3n) is 5.75. The van der Waals surface area contributed by atoms with Crippen molar-refractivity contribution in [3.05, 3.63) is 16.1 Å². The fourth-order valence-corrected chi connectivity index (χ4v) is 5.08. The summed E-state index contributed by atoms with van der Waals surface area (Å²) in [5, 5.41) is 7.18. The fraction of sp³-hybridized carbons (Fsp3) is 0.765. The van der Waals surface area contributed by atoms with Gasteiger partial charge in [0.05, 0.1) is 16.2 Å². The van der Waals surface area contributed by atoms with Gasteiger partial charge in [0.25, 0.3) is 0 Å². The Labute approximate surface area is 135 Å². The Morgan fingerprint density at radius 3 is 2.73 bits per heavy atom. The molecule has 5 rings (SSSR count). The first kappa shape index (κ1) is 13.5. The molecule has 0 bridgehead atoms. The number of hydrogen-bond acceptors (Lipinski definition) is 4. The van der Waals surface area contributed by atoms with Crippen LogP contribution in [0.4, 0.5) is 0 Å². The molecule has 1 aliphatic heterocycles. The van der Waals surface area contributed by atoms with Gasteiger partial charge in [0, 0.05) is 17.8 Å². The highest BCUT2D eigenvalue weighted by molar-refractivity contribution is 7.09. The lowest BCUT2D eigenvalue weighted by Crippen LogP contribution is -2.44. The molecule has 3 aliphatic carbocycles. The first-order valence-electron chi connectivity index (χ1n) is 8.79. The average Bonchev–Trinajstić information content (AvgIpc) is 3.42. The Hall–Kier alpha value is -0.940. The molecule has 1 amide bonds. The molecule has 0 unspecified atom stereocenters. The zero-order valence-corrected chi connectivity index (χ0v) is 13.7. The largest absolute Gasteiger partial charge is 0.319 e. The first-order valence-corrected chi connectivity index (χ1v) is 9.67. The van der Waals surface area contributed by atoms with Crippen molar-refractivity contribution in [3.63, 3.8) is 0 Å². The molecule has 4 aliphatic rings. The van der Waals surface area contributed by atoms with E-state index in [-0.39, 0.29) is 11.7 Å². The summed E-state index contributed by atoms with van der Waals surface area (Å²) in [4.78, 5) is 20.1. The number of amides is 1. The second-order valence-electron chi connectivity index (χ2n) is 7.62. The zero-order valence-electron chi connectivity index (χ0n) is 12.9. The molecule has 1 atom stereocenters. The van der Waals surface area contributed by atoms with Crippen LogP contribution in [0.25, 0.3) is 0 Å². The van der Waals surface area contributed by atoms with E-state index in [4.69, 9.17) is 4.98 Å². The Morgan fingerprint density at radius 1 is 1.27 bits per heavy atom. The monoisotopic (exact) mass is 317 g/mol. The van der Waals surface area contributed by atoms with Crippen molar-refractivity contribution in [2.75, 3.05) is 6.54 Å². The highest BCUT2D eigenvalue weighted by Crippen LogP contribution is 2.45. The highest BCUT2D eigenvalue weighted by Gasteiger charge is 2.54. The van der Waals surface area contributed by atoms with E-state index in [0.29, 0.717) is 11.8 Å². The molecule has 118 valence electrons. The maximum atomic E-state index is 13.1. The summed E-state index contributed by atoms with van der Waals surface area (Å²) in [6.07, 6.45) is 9.53. The van der Waals surface area contributed by atoms with Crippen molar-refractivity contribution >= 4 is 17.2 Å². The van der Waals surface area contributed by atoms with Gasteiger partial charge in [-0.3, -0.25) is 10.1 Å². The van der Waals surface area contributed by atoms with E-state index < -0.39 is 0 Å². The van der Waals surface area contributed by atoms with E-state index in [2.05, 4.69) is 15.6 Å². The molecule has 2 heterocycles. The van der Waals surface area contributed by atoms with Crippen LogP contribution >= 0.6 is 11.3 Å². The van der Waals surface area contributed by atoms with E-state index >= 15 is 0 Å². The van der Waals surface area contributed by atoms with Gasteiger partial charge in [-0.1, -0.05) is 12.8 Å². The van der Waals surface area contributed by atoms with Gasteiger partial charge < -0.3 is 4.90 Å². The van der Waals surface area contributed by atoms with E-state index in [1.165, 1.54) is 43.5 Å². The molecular weight excluding hydrogens is 294 g/mol. The van der Waals surface area contributed by atoms with Crippen LogP contribution in [0.2, 0.25) is 0 Å². The minimum Gasteiger partial charge on any atom is -0.319 e. The van der Waals surface area contributed by atoms with Crippen LogP contribution in [0.1, 0.15) is 74.2 Å². The number of rotatable bonds is 4. The molecule has 1 N–H and O–H groups in total. The molecule has 4 fully saturated rings. The van der Waals surface area contributed by atoms with Gasteiger partial charge in [0.1, 0.15) is 6.17 Å². The van der Waals surface area contributed by atoms with E-state index in [1.54, 1.807) is 11.3 Å². The smallest absolute Gasteiger partial charge is 0.244 e. The Balaban J connectivity index is 1.45. The van der Waals surface area contributed by atoms with Crippen molar-refractivity contribution in [1.82, 2.24) is 15.2 Å². The second-order valence-corrected chi connectivity index (χ2v) is 8.51. The number of carbonyl (C=O) groups is 1. The first-order chi connectivity index (χ1) is 10.8. The third-order valence-corrected chi connectivity index (χ3v) is 6.78. The lowest BCUT2D eigenvalue weighted by molar-refractivity contribution is -0.133. The summed E-state index contributed by atoms with van der Waals surface area (Å²) in [6, 6.07) is 0. The highest BCUT2D eigenvalue weighted by atomic mass is 32.1. The van der Waals surface area contributed by atoms with E-state index in [1.807, 2.05) is 0 Å². The lowest BCUT2D eigenvalue weighted by atomic mass is 9.98. The van der Waals surface area contributed by atoms with Crippen LogP contribution in [-0.2, 0) is 4.79 Å². The zero-order chi connectivity index (χ0) is 14.7. The molecule has 4 nitrogen and oxygen atoms in total. The number of thiazole rings is 1. The van der Waals surface area contributed by atoms with Gasteiger partial charge in [-0.05, 0) is 44.4 Å². The topological polar surface area (TPSA) is 45.2 Å². The third kappa shape index (κ3) is 2.13. The van der Waals surface area contributed by atoms with Crippen molar-refractivity contribution in [2.24, 2.45) is 5.92 Å². The molecular formula is C17H23N3OS. The quantitative estimate of drug-likeness (QED) is 0.928. The summed E-state index contributed by atoms with van der Waals surface area (Å²) >= 11 is 1.79. The molecule has 1 aromatic heterocycles. The van der Waals surface area contributed by atoms with Gasteiger partial charge in [-0.2, -0.15) is 0 Å². The number of nitrogens with zero attached hydrogens (tertiary/aromatic N) is 2. The standard InChI is InChI=1S/C17H23N3OS/c21-16-17(7-1-2-8-17)19-14(20(16)9-11-3-4-11)13-10-22-15(18-13)12-5-6-12/h10-12,14,19H,1-9H2/t14-/m1/s1. The van der Waals surface area contributed by atoms with Crippen LogP contribution in [0.15, 0.2) is 5.38 Å². The predicted molar refractivity (Wildman–Crippen MR) is 85.6 cm³/mol. The molecule has 0 aromatic carbocycles. The Kier molecular flexibility index (Phi) is 2.93. The maximum Gasteiger partial charge on any atom is 0.244 e. The van der Waals surface area contributed by atoms with Crippen LogP contribution in [0.3, 0.4) is 0 Å². The minimum atomic E-state index is -0.275. The minimum absolute atomic E-state index is 0.0231. The predicted octanol–water partition coefficient (Wildman–Crippen LogP) is 3.17. The summed E-state index contributed by atoms with van der Waals surface area (Å²) in [5.74, 6) is 1.78. The molecule has 3 saturated carbocycles. The van der Waals surface area contributed by atoms with E-state index in [9.17, 15) is 4.79 Å². The van der Waals surface area contributed by atoms with Gasteiger partial charge in [0.15, 0.2) is 0 Å². The fourth-order valence-electron chi connectivity index (χ4n) is 4.07. The van der Waals surface area contributed by atoms with Crippen LogP contribution in [-0.4, -0.2) is 27.9 Å². The summed E-state index contributed by atoms with van der Waals surface area (Å²) in [7, 11) is 0. The number of nitrogens with one attached hydrogen (secondary N) is 1. The SMILES string of the molecule is O=C1N(CC2CC2)[C@H](c2csc(C3CC3)n2)NC12CCCC2.